The van der Waals surface area contributed by atoms with E-state index in [1.165, 1.54) is 0 Å². The molecule has 0 aromatic heterocycles. The third-order valence-corrected chi connectivity index (χ3v) is 2.97. The molecule has 0 fully saturated rings. The summed E-state index contributed by atoms with van der Waals surface area (Å²) in [5, 5.41) is 3.06. The average Bonchev–Trinajstić information content (AvgIpc) is 2.46. The number of ether oxygens (including phenoxy) is 1. The number of hydrogen-bond acceptors (Lipinski definition) is 3. The molecule has 3 nitrogen and oxygen atoms in total. The lowest BCUT2D eigenvalue weighted by molar-refractivity contribution is 0.407. The Hall–Kier alpha value is -2.16. The van der Waals surface area contributed by atoms with Crippen molar-refractivity contribution in [2.24, 2.45) is 5.18 Å². The molecule has 0 bridgehead atoms. The van der Waals surface area contributed by atoms with E-state index in [1.807, 2.05) is 54.6 Å². The molecule has 2 rings (SSSR count). The summed E-state index contributed by atoms with van der Waals surface area (Å²) < 4.78 is 5.35. The molecule has 1 unspecified atom stereocenters. The summed E-state index contributed by atoms with van der Waals surface area (Å²) in [4.78, 5) is 10.7. The lowest BCUT2D eigenvalue weighted by Crippen LogP contribution is -2.06. The second-order valence-corrected chi connectivity index (χ2v) is 4.02. The third kappa shape index (κ3) is 2.56. The second kappa shape index (κ2) is 5.96. The molecule has 3 heteroatoms. The number of para-hydroxylation sites is 1. The quantitative estimate of drug-likeness (QED) is 0.750. The first kappa shape index (κ1) is 12.3. The maximum atomic E-state index is 10.7. The van der Waals surface area contributed by atoms with Gasteiger partial charge < -0.3 is 4.74 Å². The molecule has 0 saturated heterocycles. The molecule has 0 aliphatic carbocycles. The third-order valence-electron chi connectivity index (χ3n) is 2.97. The molecule has 0 aliphatic heterocycles. The molecule has 0 radical (unpaired) electrons. The van der Waals surface area contributed by atoms with Crippen molar-refractivity contribution in [3.63, 3.8) is 0 Å². The molecule has 92 valence electrons. The van der Waals surface area contributed by atoms with Gasteiger partial charge in [-0.3, -0.25) is 0 Å². The first-order chi connectivity index (χ1) is 8.86. The van der Waals surface area contributed by atoms with Crippen molar-refractivity contribution in [1.82, 2.24) is 0 Å². The summed E-state index contributed by atoms with van der Waals surface area (Å²) in [5.41, 5.74) is 2.06. The minimum Gasteiger partial charge on any atom is -0.496 e. The zero-order chi connectivity index (χ0) is 12.8. The second-order valence-electron chi connectivity index (χ2n) is 4.02. The molecule has 18 heavy (non-hydrogen) atoms. The fourth-order valence-corrected chi connectivity index (χ4v) is 2.10. The molecule has 0 amide bonds. The Morgan fingerprint density at radius 3 is 2.39 bits per heavy atom. The van der Waals surface area contributed by atoms with Crippen molar-refractivity contribution >= 4 is 0 Å². The molecule has 2 aromatic rings. The molecule has 0 heterocycles. The minimum atomic E-state index is -0.0557. The molecule has 0 aliphatic rings. The predicted octanol–water partition coefficient (Wildman–Crippen LogP) is 3.59. The highest BCUT2D eigenvalue weighted by Crippen LogP contribution is 2.31. The van der Waals surface area contributed by atoms with Crippen molar-refractivity contribution in [2.75, 3.05) is 13.7 Å². The van der Waals surface area contributed by atoms with Crippen molar-refractivity contribution in [1.29, 1.82) is 0 Å². The average molecular weight is 241 g/mol. The standard InChI is InChI=1S/C15H15NO2/c1-18-15-10-6-5-9-13(15)14(11-16-17)12-7-3-2-4-8-12/h2-10,14H,11H2,1H3. The van der Waals surface area contributed by atoms with Gasteiger partial charge in [0.1, 0.15) is 5.75 Å². The number of hydrogen-bond donors (Lipinski definition) is 0. The Labute approximate surface area is 106 Å². The normalized spacial score (nSPS) is 11.8. The summed E-state index contributed by atoms with van der Waals surface area (Å²) in [7, 11) is 1.63. The lowest BCUT2D eigenvalue weighted by Gasteiger charge is -2.17. The number of benzene rings is 2. The van der Waals surface area contributed by atoms with Gasteiger partial charge in [-0.15, -0.1) is 0 Å². The number of methoxy groups -OCH3 is 1. The Balaban J connectivity index is 2.44. The maximum Gasteiger partial charge on any atom is 0.122 e. The minimum absolute atomic E-state index is 0.0557. The van der Waals surface area contributed by atoms with E-state index in [1.54, 1.807) is 7.11 Å². The van der Waals surface area contributed by atoms with E-state index in [0.29, 0.717) is 0 Å². The predicted molar refractivity (Wildman–Crippen MR) is 71.9 cm³/mol. The van der Waals surface area contributed by atoms with Gasteiger partial charge in [-0.1, -0.05) is 53.7 Å². The fourth-order valence-electron chi connectivity index (χ4n) is 2.10. The van der Waals surface area contributed by atoms with Crippen LogP contribution < -0.4 is 4.74 Å². The van der Waals surface area contributed by atoms with Gasteiger partial charge in [0.05, 0.1) is 13.7 Å². The molecule has 2 aromatic carbocycles. The molecular formula is C15H15NO2. The van der Waals surface area contributed by atoms with Crippen LogP contribution in [0.25, 0.3) is 0 Å². The van der Waals surface area contributed by atoms with Crippen LogP contribution in [0, 0.1) is 4.91 Å². The lowest BCUT2D eigenvalue weighted by atomic mass is 9.91. The summed E-state index contributed by atoms with van der Waals surface area (Å²) in [6.07, 6.45) is 0. The zero-order valence-electron chi connectivity index (χ0n) is 10.2. The van der Waals surface area contributed by atoms with Gasteiger partial charge in [-0.2, -0.15) is 4.91 Å². The maximum absolute atomic E-state index is 10.7. The van der Waals surface area contributed by atoms with Crippen molar-refractivity contribution in [3.05, 3.63) is 70.6 Å². The molecule has 1 atom stereocenters. The van der Waals surface area contributed by atoms with E-state index < -0.39 is 0 Å². The van der Waals surface area contributed by atoms with Crippen LogP contribution in [0.1, 0.15) is 17.0 Å². The van der Waals surface area contributed by atoms with E-state index in [9.17, 15) is 4.91 Å². The molecule has 0 spiro atoms. The highest BCUT2D eigenvalue weighted by Gasteiger charge is 2.17. The summed E-state index contributed by atoms with van der Waals surface area (Å²) >= 11 is 0. The van der Waals surface area contributed by atoms with Crippen molar-refractivity contribution in [3.8, 4) is 5.75 Å². The number of nitroso groups, excluding NO2 is 1. The van der Waals surface area contributed by atoms with Gasteiger partial charge in [-0.25, -0.2) is 0 Å². The van der Waals surface area contributed by atoms with Crippen molar-refractivity contribution < 1.29 is 4.74 Å². The van der Waals surface area contributed by atoms with Crippen LogP contribution in [-0.4, -0.2) is 13.7 Å². The van der Waals surface area contributed by atoms with Gasteiger partial charge in [0.2, 0.25) is 0 Å². The van der Waals surface area contributed by atoms with E-state index >= 15 is 0 Å². The van der Waals surface area contributed by atoms with E-state index in [-0.39, 0.29) is 12.5 Å². The van der Waals surface area contributed by atoms with Gasteiger partial charge >= 0.3 is 0 Å². The van der Waals surface area contributed by atoms with E-state index in [4.69, 9.17) is 4.74 Å². The molecule has 0 saturated carbocycles. The zero-order valence-corrected chi connectivity index (χ0v) is 10.2. The van der Waals surface area contributed by atoms with Gasteiger partial charge in [0, 0.05) is 11.5 Å². The van der Waals surface area contributed by atoms with Crippen LogP contribution in [0.4, 0.5) is 0 Å². The van der Waals surface area contributed by atoms with Crippen LogP contribution in [0.5, 0.6) is 5.75 Å². The smallest absolute Gasteiger partial charge is 0.122 e. The summed E-state index contributed by atoms with van der Waals surface area (Å²) in [6, 6.07) is 17.6. The van der Waals surface area contributed by atoms with Crippen LogP contribution in [0.2, 0.25) is 0 Å². The largest absolute Gasteiger partial charge is 0.496 e. The topological polar surface area (TPSA) is 38.7 Å². The Morgan fingerprint density at radius 1 is 1.06 bits per heavy atom. The van der Waals surface area contributed by atoms with Gasteiger partial charge in [0.15, 0.2) is 0 Å². The Kier molecular flexibility index (Phi) is 4.07. The van der Waals surface area contributed by atoms with Gasteiger partial charge in [-0.05, 0) is 11.6 Å². The van der Waals surface area contributed by atoms with Crippen LogP contribution in [-0.2, 0) is 0 Å². The Bertz CT molecular complexity index is 511. The summed E-state index contributed by atoms with van der Waals surface area (Å²) in [6.45, 7) is 0.213. The van der Waals surface area contributed by atoms with Crippen LogP contribution >= 0.6 is 0 Å². The van der Waals surface area contributed by atoms with Crippen LogP contribution in [0.15, 0.2) is 59.8 Å². The molecular weight excluding hydrogens is 226 g/mol. The van der Waals surface area contributed by atoms with E-state index in [2.05, 4.69) is 5.18 Å². The van der Waals surface area contributed by atoms with Crippen LogP contribution in [0.3, 0.4) is 0 Å². The number of nitrogens with zero attached hydrogens (tertiary/aromatic N) is 1. The van der Waals surface area contributed by atoms with Crippen molar-refractivity contribution in [2.45, 2.75) is 5.92 Å². The highest BCUT2D eigenvalue weighted by atomic mass is 16.5. The Morgan fingerprint density at radius 2 is 1.72 bits per heavy atom. The molecule has 0 N–H and O–H groups in total. The SMILES string of the molecule is COc1ccccc1C(CN=O)c1ccccc1. The fraction of sp³-hybridized carbons (Fsp3) is 0.200. The highest BCUT2D eigenvalue weighted by molar-refractivity contribution is 5.42. The van der Waals surface area contributed by atoms with E-state index in [0.717, 1.165) is 16.9 Å². The monoisotopic (exact) mass is 241 g/mol. The number of rotatable bonds is 5. The summed E-state index contributed by atoms with van der Waals surface area (Å²) in [5.74, 6) is 0.731. The first-order valence-corrected chi connectivity index (χ1v) is 5.83. The first-order valence-electron chi connectivity index (χ1n) is 5.83. The van der Waals surface area contributed by atoms with Gasteiger partial charge in [0.25, 0.3) is 0 Å².